The van der Waals surface area contributed by atoms with Crippen molar-refractivity contribution in [3.8, 4) is 10.8 Å². The van der Waals surface area contributed by atoms with Crippen molar-refractivity contribution in [3.63, 3.8) is 0 Å². The van der Waals surface area contributed by atoms with Gasteiger partial charge >= 0.3 is 0 Å². The second kappa shape index (κ2) is 9.47. The highest BCUT2D eigenvalue weighted by atomic mass is 35.5. The van der Waals surface area contributed by atoms with Gasteiger partial charge in [-0.25, -0.2) is 4.98 Å². The van der Waals surface area contributed by atoms with E-state index in [1.54, 1.807) is 6.26 Å². The number of hydrogen-bond acceptors (Lipinski definition) is 7. The van der Waals surface area contributed by atoms with Gasteiger partial charge < -0.3 is 19.2 Å². The Bertz CT molecular complexity index is 995. The molecule has 0 bridgehead atoms. The molecule has 0 aliphatic carbocycles. The zero-order chi connectivity index (χ0) is 19.1. The lowest BCUT2D eigenvalue weighted by Gasteiger charge is -2.31. The van der Waals surface area contributed by atoms with Crippen LogP contribution >= 0.6 is 36.2 Å². The first-order valence-corrected chi connectivity index (χ1v) is 10.5. The summed E-state index contributed by atoms with van der Waals surface area (Å²) in [6, 6.07) is 3.70. The minimum absolute atomic E-state index is 0. The predicted octanol–water partition coefficient (Wildman–Crippen LogP) is 3.27. The maximum atomic E-state index is 13.0. The molecule has 11 heteroatoms. The Hall–Kier alpha value is -1.94. The van der Waals surface area contributed by atoms with E-state index in [1.807, 2.05) is 24.0 Å². The van der Waals surface area contributed by atoms with E-state index < -0.39 is 0 Å². The standard InChI is InChI=1S/C19H22N6O2S.2ClH/c1-12-16(21-18(28-12)14-3-2-10-27-14)19(26)24-7-4-13(5-8-24)17-23-22-15-11-20-6-9-25(15)17;;/h2-3,10,13,20H,4-9,11H2,1H3;2*1H. The van der Waals surface area contributed by atoms with Gasteiger partial charge in [0.2, 0.25) is 0 Å². The van der Waals surface area contributed by atoms with Gasteiger partial charge in [-0.3, -0.25) is 4.79 Å². The van der Waals surface area contributed by atoms with Crippen molar-refractivity contribution in [1.82, 2.24) is 30.0 Å². The summed E-state index contributed by atoms with van der Waals surface area (Å²) in [6.07, 6.45) is 3.44. The Kier molecular flexibility index (Phi) is 7.18. The van der Waals surface area contributed by atoms with Crippen LogP contribution in [-0.4, -0.2) is 50.2 Å². The summed E-state index contributed by atoms with van der Waals surface area (Å²) < 4.78 is 7.67. The summed E-state index contributed by atoms with van der Waals surface area (Å²) in [6.45, 7) is 6.04. The molecule has 1 saturated heterocycles. The third-order valence-electron chi connectivity index (χ3n) is 5.53. The van der Waals surface area contributed by atoms with Gasteiger partial charge in [0.05, 0.1) is 12.8 Å². The summed E-state index contributed by atoms with van der Waals surface area (Å²) in [4.78, 5) is 20.4. The first kappa shape index (κ1) is 22.7. The highest BCUT2D eigenvalue weighted by Crippen LogP contribution is 2.31. The average Bonchev–Trinajstić information content (AvgIpc) is 3.47. The molecule has 2 aliphatic rings. The number of carbonyl (C=O) groups is 1. The van der Waals surface area contributed by atoms with Gasteiger partial charge in [-0.1, -0.05) is 0 Å². The van der Waals surface area contributed by atoms with Crippen molar-refractivity contribution in [2.24, 2.45) is 0 Å². The summed E-state index contributed by atoms with van der Waals surface area (Å²) >= 11 is 1.50. The monoisotopic (exact) mass is 470 g/mol. The molecule has 3 aromatic heterocycles. The minimum Gasteiger partial charge on any atom is -0.462 e. The molecule has 3 aromatic rings. The van der Waals surface area contributed by atoms with Crippen LogP contribution in [0.2, 0.25) is 0 Å². The second-order valence-corrected chi connectivity index (χ2v) is 8.47. The van der Waals surface area contributed by atoms with Crippen LogP contribution in [0.15, 0.2) is 22.8 Å². The largest absolute Gasteiger partial charge is 0.462 e. The number of aromatic nitrogens is 4. The van der Waals surface area contributed by atoms with E-state index in [1.165, 1.54) is 11.3 Å². The van der Waals surface area contributed by atoms with Crippen LogP contribution in [-0.2, 0) is 13.1 Å². The van der Waals surface area contributed by atoms with Crippen molar-refractivity contribution in [3.05, 3.63) is 40.6 Å². The average molecular weight is 471 g/mol. The smallest absolute Gasteiger partial charge is 0.273 e. The number of nitrogens with zero attached hydrogens (tertiary/aromatic N) is 5. The molecule has 0 spiro atoms. The van der Waals surface area contributed by atoms with Crippen molar-refractivity contribution in [2.45, 2.75) is 38.8 Å². The minimum atomic E-state index is 0. The number of amides is 1. The molecule has 0 unspecified atom stereocenters. The molecular weight excluding hydrogens is 447 g/mol. The predicted molar refractivity (Wildman–Crippen MR) is 119 cm³/mol. The first-order valence-electron chi connectivity index (χ1n) is 9.64. The quantitative estimate of drug-likeness (QED) is 0.631. The number of nitrogens with one attached hydrogen (secondary N) is 1. The summed E-state index contributed by atoms with van der Waals surface area (Å²) in [5.74, 6) is 3.17. The van der Waals surface area contributed by atoms with Crippen molar-refractivity contribution < 1.29 is 9.21 Å². The first-order chi connectivity index (χ1) is 13.7. The fraction of sp³-hybridized carbons (Fsp3) is 0.474. The van der Waals surface area contributed by atoms with Gasteiger partial charge in [0.1, 0.15) is 17.3 Å². The number of piperidine rings is 1. The van der Waals surface area contributed by atoms with Crippen LogP contribution in [0.25, 0.3) is 10.8 Å². The van der Waals surface area contributed by atoms with E-state index in [2.05, 4.69) is 25.1 Å². The molecule has 2 aliphatic heterocycles. The number of fused-ring (bicyclic) bond motifs is 1. The molecule has 0 radical (unpaired) electrons. The number of hydrogen-bond donors (Lipinski definition) is 1. The van der Waals surface area contributed by atoms with E-state index in [4.69, 9.17) is 4.42 Å². The fourth-order valence-corrected chi connectivity index (χ4v) is 4.88. The van der Waals surface area contributed by atoms with E-state index >= 15 is 0 Å². The van der Waals surface area contributed by atoms with Crippen LogP contribution in [0.3, 0.4) is 0 Å². The molecule has 0 saturated carbocycles. The van der Waals surface area contributed by atoms with Crippen molar-refractivity contribution in [2.75, 3.05) is 19.6 Å². The topological polar surface area (TPSA) is 89.1 Å². The zero-order valence-corrected chi connectivity index (χ0v) is 19.0. The fourth-order valence-electron chi connectivity index (χ4n) is 4.01. The number of aryl methyl sites for hydroxylation is 1. The molecule has 0 atom stereocenters. The Morgan fingerprint density at radius 3 is 2.77 bits per heavy atom. The van der Waals surface area contributed by atoms with Crippen molar-refractivity contribution >= 4 is 42.1 Å². The van der Waals surface area contributed by atoms with Crippen LogP contribution in [0.1, 0.15) is 45.8 Å². The number of likely N-dealkylation sites (tertiary alicyclic amines) is 1. The molecule has 0 aromatic carbocycles. The maximum Gasteiger partial charge on any atom is 0.273 e. The van der Waals surface area contributed by atoms with E-state index in [-0.39, 0.29) is 30.7 Å². The van der Waals surface area contributed by atoms with Crippen LogP contribution in [0, 0.1) is 6.92 Å². The van der Waals surface area contributed by atoms with Gasteiger partial charge in [0.25, 0.3) is 5.91 Å². The molecule has 1 fully saturated rings. The summed E-state index contributed by atoms with van der Waals surface area (Å²) in [7, 11) is 0. The van der Waals surface area contributed by atoms with Crippen molar-refractivity contribution in [1.29, 1.82) is 0 Å². The SMILES string of the molecule is Cc1sc(-c2ccco2)nc1C(=O)N1CCC(c2nnc3n2CCNC3)CC1.Cl.Cl. The number of thiazole rings is 1. The molecule has 162 valence electrons. The normalized spacial score (nSPS) is 16.5. The van der Waals surface area contributed by atoms with E-state index in [9.17, 15) is 4.79 Å². The number of rotatable bonds is 3. The Balaban J connectivity index is 0.00000128. The molecule has 8 nitrogen and oxygen atoms in total. The Morgan fingerprint density at radius 2 is 2.03 bits per heavy atom. The Labute approximate surface area is 190 Å². The summed E-state index contributed by atoms with van der Waals surface area (Å²) in [5.41, 5.74) is 0.542. The zero-order valence-electron chi connectivity index (χ0n) is 16.5. The third kappa shape index (κ3) is 4.12. The van der Waals surface area contributed by atoms with Gasteiger partial charge in [-0.15, -0.1) is 46.3 Å². The molecule has 30 heavy (non-hydrogen) atoms. The molecule has 5 rings (SSSR count). The lowest BCUT2D eigenvalue weighted by molar-refractivity contribution is 0.0704. The molecule has 1 amide bonds. The molecular formula is C19H24Cl2N6O2S. The number of carbonyl (C=O) groups excluding carboxylic acids is 1. The summed E-state index contributed by atoms with van der Waals surface area (Å²) in [5, 5.41) is 12.8. The van der Waals surface area contributed by atoms with Gasteiger partial charge in [0, 0.05) is 37.0 Å². The lowest BCUT2D eigenvalue weighted by Crippen LogP contribution is -2.39. The van der Waals surface area contributed by atoms with E-state index in [0.717, 1.165) is 67.1 Å². The van der Waals surface area contributed by atoms with Crippen LogP contribution in [0.5, 0.6) is 0 Å². The van der Waals surface area contributed by atoms with E-state index in [0.29, 0.717) is 17.4 Å². The number of halogens is 2. The third-order valence-corrected chi connectivity index (χ3v) is 6.52. The van der Waals surface area contributed by atoms with Gasteiger partial charge in [-0.2, -0.15) is 0 Å². The lowest BCUT2D eigenvalue weighted by atomic mass is 9.95. The molecule has 5 heterocycles. The Morgan fingerprint density at radius 1 is 1.23 bits per heavy atom. The second-order valence-electron chi connectivity index (χ2n) is 7.27. The highest BCUT2D eigenvalue weighted by Gasteiger charge is 2.30. The maximum absolute atomic E-state index is 13.0. The van der Waals surface area contributed by atoms with Crippen LogP contribution < -0.4 is 5.32 Å². The molecule has 1 N–H and O–H groups in total. The number of furan rings is 1. The van der Waals surface area contributed by atoms with Gasteiger partial charge in [0.15, 0.2) is 10.8 Å². The van der Waals surface area contributed by atoms with Crippen LogP contribution in [0.4, 0.5) is 0 Å². The van der Waals surface area contributed by atoms with Gasteiger partial charge in [-0.05, 0) is 31.9 Å². The highest BCUT2D eigenvalue weighted by molar-refractivity contribution is 7.15.